The first-order valence-electron chi connectivity index (χ1n) is 11.3. The van der Waals surface area contributed by atoms with E-state index in [0.717, 1.165) is 25.7 Å². The van der Waals surface area contributed by atoms with Crippen LogP contribution in [0.5, 0.6) is 5.75 Å². The van der Waals surface area contributed by atoms with E-state index in [1.807, 2.05) is 12.1 Å². The Hall–Kier alpha value is -2.97. The summed E-state index contributed by atoms with van der Waals surface area (Å²) in [6.45, 7) is 1.79. The highest BCUT2D eigenvalue weighted by atomic mass is 16.5. The number of nitrogens with zero attached hydrogens (tertiary/aromatic N) is 1. The molecule has 5 nitrogen and oxygen atoms in total. The Morgan fingerprint density at radius 1 is 1.25 bits per heavy atom. The average molecular weight is 433 g/mol. The van der Waals surface area contributed by atoms with E-state index in [2.05, 4.69) is 61.2 Å². The second kappa shape index (κ2) is 8.52. The number of benzene rings is 2. The third-order valence-electron chi connectivity index (χ3n) is 7.25. The molecule has 2 aromatic rings. The zero-order valence-corrected chi connectivity index (χ0v) is 19.1. The van der Waals surface area contributed by atoms with Crippen molar-refractivity contribution >= 4 is 11.8 Å². The summed E-state index contributed by atoms with van der Waals surface area (Å²) in [7, 11) is 4.11. The fraction of sp³-hybridized carbons (Fsp3) is 0.444. The molecule has 0 bridgehead atoms. The number of amides is 1. The lowest BCUT2D eigenvalue weighted by Gasteiger charge is -2.52. The molecule has 1 unspecified atom stereocenters. The van der Waals surface area contributed by atoms with E-state index in [1.54, 1.807) is 6.92 Å². The second-order valence-electron chi connectivity index (χ2n) is 9.48. The van der Waals surface area contributed by atoms with Crippen molar-refractivity contribution in [2.75, 3.05) is 19.0 Å². The summed E-state index contributed by atoms with van der Waals surface area (Å²) in [6.07, 6.45) is 4.14. The zero-order chi connectivity index (χ0) is 22.9. The van der Waals surface area contributed by atoms with Gasteiger partial charge in [-0.15, -0.1) is 5.92 Å². The highest BCUT2D eigenvalue weighted by molar-refractivity contribution is 5.68. The van der Waals surface area contributed by atoms with Crippen LogP contribution in [0.25, 0.3) is 0 Å². The van der Waals surface area contributed by atoms with Crippen LogP contribution in [-0.2, 0) is 18.3 Å². The van der Waals surface area contributed by atoms with Gasteiger partial charge in [-0.1, -0.05) is 24.1 Å². The molecule has 1 saturated carbocycles. The van der Waals surface area contributed by atoms with Crippen LogP contribution in [0.2, 0.25) is 0 Å². The van der Waals surface area contributed by atoms with Gasteiger partial charge in [-0.25, -0.2) is 4.79 Å². The Labute approximate surface area is 190 Å². The highest BCUT2D eigenvalue weighted by Gasteiger charge is 2.51. The van der Waals surface area contributed by atoms with Crippen molar-refractivity contribution < 1.29 is 14.6 Å². The van der Waals surface area contributed by atoms with E-state index in [0.29, 0.717) is 24.5 Å². The Morgan fingerprint density at radius 3 is 2.78 bits per heavy atom. The molecule has 0 radical (unpaired) electrons. The van der Waals surface area contributed by atoms with Crippen LogP contribution < -0.4 is 15.4 Å². The number of aliphatic hydroxyl groups is 1. The Bertz CT molecular complexity index is 1080. The third kappa shape index (κ3) is 4.20. The van der Waals surface area contributed by atoms with Gasteiger partial charge in [0.25, 0.3) is 0 Å². The average Bonchev–Trinajstić information content (AvgIpc) is 2.74. The third-order valence-corrected chi connectivity index (χ3v) is 7.25. The van der Waals surface area contributed by atoms with Crippen molar-refractivity contribution in [2.24, 2.45) is 11.7 Å². The molecule has 0 heterocycles. The topological polar surface area (TPSA) is 75.8 Å². The monoisotopic (exact) mass is 432 g/mol. The standard InChI is InChI=1S/C27H32N2O3/c1-4-12-26(31)13-14-27(17-19-6-5-7-22(15-19)29(2)3)21(18-26)9-8-20-16-23(32-25(28)30)10-11-24(20)27/h5-7,10-11,15-16,21,31H,8-9,13-14,17-18H2,1-3H3,(H2,28,30)/t21-,26?,27+/m1/s1. The number of fused-ring (bicyclic) bond motifs is 3. The molecular formula is C27H32N2O3. The summed E-state index contributed by atoms with van der Waals surface area (Å²) < 4.78 is 5.15. The Kier molecular flexibility index (Phi) is 5.92. The molecule has 0 aliphatic heterocycles. The molecule has 0 aromatic heterocycles. The SMILES string of the molecule is CC#CC1(O)CC[C@@]2(Cc3cccc(N(C)C)c3)c3ccc(OC(N)=O)cc3CC[C@@H]2C1. The molecule has 1 amide bonds. The zero-order valence-electron chi connectivity index (χ0n) is 19.1. The van der Waals surface area contributed by atoms with E-state index in [1.165, 1.54) is 22.4 Å². The molecule has 32 heavy (non-hydrogen) atoms. The Balaban J connectivity index is 1.77. The molecule has 0 saturated heterocycles. The van der Waals surface area contributed by atoms with Crippen molar-refractivity contribution in [1.29, 1.82) is 0 Å². The molecule has 3 atom stereocenters. The number of nitrogens with two attached hydrogens (primary N) is 1. The number of aryl methyl sites for hydroxylation is 1. The van der Waals surface area contributed by atoms with Gasteiger partial charge in [-0.05, 0) is 92.3 Å². The van der Waals surface area contributed by atoms with E-state index >= 15 is 0 Å². The molecule has 168 valence electrons. The predicted octanol–water partition coefficient (Wildman–Crippen LogP) is 4.19. The van der Waals surface area contributed by atoms with E-state index in [9.17, 15) is 9.90 Å². The number of primary amides is 1. The van der Waals surface area contributed by atoms with E-state index in [-0.39, 0.29) is 5.41 Å². The second-order valence-corrected chi connectivity index (χ2v) is 9.48. The highest BCUT2D eigenvalue weighted by Crippen LogP contribution is 2.54. The molecule has 2 aromatic carbocycles. The van der Waals surface area contributed by atoms with Crippen molar-refractivity contribution in [3.8, 4) is 17.6 Å². The smallest absolute Gasteiger partial charge is 0.409 e. The van der Waals surface area contributed by atoms with Gasteiger partial charge in [0.2, 0.25) is 0 Å². The molecule has 4 rings (SSSR count). The van der Waals surface area contributed by atoms with Crippen molar-refractivity contribution in [3.63, 3.8) is 0 Å². The number of carbonyl (C=O) groups excluding carboxylic acids is 1. The maximum absolute atomic E-state index is 11.2. The van der Waals surface area contributed by atoms with Gasteiger partial charge in [0.1, 0.15) is 11.4 Å². The number of rotatable bonds is 4. The van der Waals surface area contributed by atoms with Gasteiger partial charge in [-0.3, -0.25) is 0 Å². The first kappa shape index (κ1) is 22.2. The molecule has 2 aliphatic carbocycles. The number of carbonyl (C=O) groups is 1. The lowest BCUT2D eigenvalue weighted by atomic mass is 9.52. The van der Waals surface area contributed by atoms with Crippen molar-refractivity contribution in [1.82, 2.24) is 0 Å². The van der Waals surface area contributed by atoms with Crippen molar-refractivity contribution in [2.45, 2.75) is 56.5 Å². The first-order chi connectivity index (χ1) is 15.2. The van der Waals surface area contributed by atoms with Gasteiger partial charge in [-0.2, -0.15) is 0 Å². The van der Waals surface area contributed by atoms with Crippen LogP contribution in [-0.4, -0.2) is 30.9 Å². The number of hydrogen-bond donors (Lipinski definition) is 2. The summed E-state index contributed by atoms with van der Waals surface area (Å²) in [5.74, 6) is 6.83. The fourth-order valence-corrected chi connectivity index (χ4v) is 5.83. The van der Waals surface area contributed by atoms with Crippen LogP contribution >= 0.6 is 0 Å². The van der Waals surface area contributed by atoms with Gasteiger partial charge >= 0.3 is 6.09 Å². The van der Waals surface area contributed by atoms with Crippen LogP contribution in [0.15, 0.2) is 42.5 Å². The molecule has 5 heteroatoms. The minimum atomic E-state index is -0.916. The maximum atomic E-state index is 11.2. The van der Waals surface area contributed by atoms with Gasteiger partial charge in [0.05, 0.1) is 0 Å². The van der Waals surface area contributed by atoms with Gasteiger partial charge in [0, 0.05) is 25.2 Å². The maximum Gasteiger partial charge on any atom is 0.409 e. The number of ether oxygens (including phenoxy) is 1. The summed E-state index contributed by atoms with van der Waals surface area (Å²) in [5.41, 5.74) is 9.19. The number of anilines is 1. The van der Waals surface area contributed by atoms with Gasteiger partial charge in [0.15, 0.2) is 0 Å². The fourth-order valence-electron chi connectivity index (χ4n) is 5.83. The normalized spacial score (nSPS) is 26.2. The largest absolute Gasteiger partial charge is 0.410 e. The molecule has 3 N–H and O–H groups in total. The summed E-state index contributed by atoms with van der Waals surface area (Å²) in [4.78, 5) is 13.4. The van der Waals surface area contributed by atoms with E-state index in [4.69, 9.17) is 10.5 Å². The number of hydrogen-bond acceptors (Lipinski definition) is 4. The van der Waals surface area contributed by atoms with Crippen LogP contribution in [0.1, 0.15) is 49.3 Å². The molecule has 1 fully saturated rings. The van der Waals surface area contributed by atoms with Gasteiger partial charge < -0.3 is 20.5 Å². The van der Waals surface area contributed by atoms with Crippen LogP contribution in [0, 0.1) is 17.8 Å². The predicted molar refractivity (Wildman–Crippen MR) is 127 cm³/mol. The minimum Gasteiger partial charge on any atom is -0.410 e. The molecule has 2 aliphatic rings. The van der Waals surface area contributed by atoms with Crippen molar-refractivity contribution in [3.05, 3.63) is 59.2 Å². The van der Waals surface area contributed by atoms with E-state index < -0.39 is 11.7 Å². The summed E-state index contributed by atoms with van der Waals surface area (Å²) in [5, 5.41) is 11.1. The van der Waals surface area contributed by atoms with Crippen LogP contribution in [0.4, 0.5) is 10.5 Å². The minimum absolute atomic E-state index is 0.0918. The van der Waals surface area contributed by atoms with Crippen LogP contribution in [0.3, 0.4) is 0 Å². The lowest BCUT2D eigenvalue weighted by molar-refractivity contribution is -0.00804. The first-order valence-corrected chi connectivity index (χ1v) is 11.3. The summed E-state index contributed by atoms with van der Waals surface area (Å²) >= 11 is 0. The quantitative estimate of drug-likeness (QED) is 0.711. The summed E-state index contributed by atoms with van der Waals surface area (Å²) in [6, 6.07) is 14.6. The molecular weight excluding hydrogens is 400 g/mol. The lowest BCUT2D eigenvalue weighted by Crippen LogP contribution is -2.50. The Morgan fingerprint density at radius 2 is 2.06 bits per heavy atom. The molecule has 0 spiro atoms.